The van der Waals surface area contributed by atoms with Crippen LogP contribution in [0.1, 0.15) is 11.1 Å². The van der Waals surface area contributed by atoms with Crippen LogP contribution in [0, 0.1) is 6.92 Å². The summed E-state index contributed by atoms with van der Waals surface area (Å²) in [6, 6.07) is 10.2. The van der Waals surface area contributed by atoms with Gasteiger partial charge in [0.1, 0.15) is 5.57 Å². The lowest BCUT2D eigenvalue weighted by Gasteiger charge is -2.14. The third-order valence-electron chi connectivity index (χ3n) is 4.00. The van der Waals surface area contributed by atoms with Crippen LogP contribution in [0.25, 0.3) is 6.08 Å². The SMILES string of the molecule is COc1cc(C=C2C(=O)NN(c3ccc(C)cc3)C2=O)cc(OC)c1O. The first-order valence-electron chi connectivity index (χ1n) is 7.83. The average Bonchev–Trinajstić information content (AvgIpc) is 2.91. The molecule has 3 rings (SSSR count). The first-order chi connectivity index (χ1) is 12.4. The molecule has 7 nitrogen and oxygen atoms in total. The van der Waals surface area contributed by atoms with Crippen LogP contribution >= 0.6 is 0 Å². The van der Waals surface area contributed by atoms with Gasteiger partial charge in [-0.2, -0.15) is 0 Å². The molecule has 1 fully saturated rings. The van der Waals surface area contributed by atoms with Gasteiger partial charge in [-0.15, -0.1) is 0 Å². The Kier molecular flexibility index (Phi) is 4.53. The standard InChI is InChI=1S/C19H18N2O5/c1-11-4-6-13(7-5-11)21-19(24)14(18(23)20-21)8-12-9-15(25-2)17(22)16(10-12)26-3/h4-10,22H,1-3H3,(H,20,23). The largest absolute Gasteiger partial charge is 0.502 e. The first-order valence-corrected chi connectivity index (χ1v) is 7.83. The number of methoxy groups -OCH3 is 2. The average molecular weight is 354 g/mol. The summed E-state index contributed by atoms with van der Waals surface area (Å²) < 4.78 is 10.2. The molecule has 26 heavy (non-hydrogen) atoms. The van der Waals surface area contributed by atoms with Gasteiger partial charge in [0.15, 0.2) is 11.5 Å². The zero-order valence-corrected chi connectivity index (χ0v) is 14.6. The van der Waals surface area contributed by atoms with Crippen LogP contribution in [0.15, 0.2) is 42.0 Å². The third-order valence-corrected chi connectivity index (χ3v) is 4.00. The van der Waals surface area contributed by atoms with E-state index in [1.807, 2.05) is 19.1 Å². The number of nitrogens with zero attached hydrogens (tertiary/aromatic N) is 1. The van der Waals surface area contributed by atoms with E-state index in [9.17, 15) is 14.7 Å². The number of benzene rings is 2. The van der Waals surface area contributed by atoms with Crippen LogP contribution in [0.3, 0.4) is 0 Å². The minimum Gasteiger partial charge on any atom is -0.502 e. The minimum absolute atomic E-state index is 0.0274. The van der Waals surface area contributed by atoms with Gasteiger partial charge >= 0.3 is 0 Å². The summed E-state index contributed by atoms with van der Waals surface area (Å²) in [4.78, 5) is 24.9. The molecule has 7 heteroatoms. The van der Waals surface area contributed by atoms with E-state index < -0.39 is 11.8 Å². The number of carbonyl (C=O) groups is 2. The molecule has 1 aliphatic heterocycles. The first kappa shape index (κ1) is 17.3. The number of ether oxygens (including phenoxy) is 2. The Morgan fingerprint density at radius 1 is 1.04 bits per heavy atom. The molecule has 0 aromatic heterocycles. The van der Waals surface area contributed by atoms with E-state index in [0.717, 1.165) is 5.56 Å². The lowest BCUT2D eigenvalue weighted by molar-refractivity contribution is -0.117. The molecule has 2 aromatic carbocycles. The van der Waals surface area contributed by atoms with Crippen molar-refractivity contribution in [1.82, 2.24) is 5.43 Å². The lowest BCUT2D eigenvalue weighted by Crippen LogP contribution is -2.35. The summed E-state index contributed by atoms with van der Waals surface area (Å²) >= 11 is 0. The minimum atomic E-state index is -0.512. The fourth-order valence-corrected chi connectivity index (χ4v) is 2.60. The highest BCUT2D eigenvalue weighted by atomic mass is 16.5. The molecule has 2 aromatic rings. The molecule has 1 aliphatic rings. The number of hydrazine groups is 1. The van der Waals surface area contributed by atoms with Crippen molar-refractivity contribution in [1.29, 1.82) is 0 Å². The van der Waals surface area contributed by atoms with Crippen molar-refractivity contribution in [2.45, 2.75) is 6.92 Å². The van der Waals surface area contributed by atoms with Crippen LogP contribution in [0.2, 0.25) is 0 Å². The number of hydrogen-bond donors (Lipinski definition) is 2. The smallest absolute Gasteiger partial charge is 0.282 e. The maximum atomic E-state index is 12.6. The third kappa shape index (κ3) is 3.06. The second kappa shape index (κ2) is 6.79. The fourth-order valence-electron chi connectivity index (χ4n) is 2.60. The molecule has 0 spiro atoms. The molecular formula is C19H18N2O5. The Balaban J connectivity index is 1.97. The van der Waals surface area contributed by atoms with Crippen molar-refractivity contribution < 1.29 is 24.2 Å². The van der Waals surface area contributed by atoms with E-state index in [2.05, 4.69) is 5.43 Å². The number of amides is 2. The van der Waals surface area contributed by atoms with Gasteiger partial charge in [-0.25, -0.2) is 5.01 Å². The quantitative estimate of drug-likeness (QED) is 0.649. The molecule has 0 atom stereocenters. The van der Waals surface area contributed by atoms with Crippen molar-refractivity contribution in [3.63, 3.8) is 0 Å². The van der Waals surface area contributed by atoms with Gasteiger partial charge in [-0.3, -0.25) is 15.0 Å². The Bertz CT molecular complexity index is 878. The highest BCUT2D eigenvalue weighted by Crippen LogP contribution is 2.38. The maximum Gasteiger partial charge on any atom is 0.282 e. The number of aryl methyl sites for hydroxylation is 1. The number of anilines is 1. The topological polar surface area (TPSA) is 88.1 Å². The zero-order valence-electron chi connectivity index (χ0n) is 14.6. The number of phenolic OH excluding ortho intramolecular Hbond substituents is 1. The monoisotopic (exact) mass is 354 g/mol. The number of phenols is 1. The predicted molar refractivity (Wildman–Crippen MR) is 96.0 cm³/mol. The summed E-state index contributed by atoms with van der Waals surface area (Å²) in [5.74, 6) is -0.776. The van der Waals surface area contributed by atoms with E-state index in [1.165, 1.54) is 37.4 Å². The van der Waals surface area contributed by atoms with Crippen LogP contribution in [-0.4, -0.2) is 31.1 Å². The van der Waals surface area contributed by atoms with Crippen molar-refractivity contribution in [3.8, 4) is 17.2 Å². The van der Waals surface area contributed by atoms with Crippen molar-refractivity contribution in [2.24, 2.45) is 0 Å². The summed E-state index contributed by atoms with van der Waals surface area (Å²) in [6.45, 7) is 1.94. The number of aromatic hydroxyl groups is 1. The maximum absolute atomic E-state index is 12.6. The summed E-state index contributed by atoms with van der Waals surface area (Å²) in [7, 11) is 2.80. The van der Waals surface area contributed by atoms with Gasteiger partial charge in [-0.1, -0.05) is 17.7 Å². The van der Waals surface area contributed by atoms with Gasteiger partial charge in [0.2, 0.25) is 5.75 Å². The predicted octanol–water partition coefficient (Wildman–Crippen LogP) is 2.18. The van der Waals surface area contributed by atoms with Crippen LogP contribution in [0.5, 0.6) is 17.2 Å². The Labute approximate surface area is 150 Å². The Morgan fingerprint density at radius 2 is 1.62 bits per heavy atom. The van der Waals surface area contributed by atoms with E-state index in [-0.39, 0.29) is 22.8 Å². The number of carbonyl (C=O) groups excluding carboxylic acids is 2. The number of hydrogen-bond acceptors (Lipinski definition) is 5. The highest BCUT2D eigenvalue weighted by Gasteiger charge is 2.34. The van der Waals surface area contributed by atoms with E-state index in [0.29, 0.717) is 11.3 Å². The molecule has 134 valence electrons. The molecule has 0 saturated carbocycles. The number of nitrogens with one attached hydrogen (secondary N) is 1. The van der Waals surface area contributed by atoms with Gasteiger partial charge in [0.05, 0.1) is 19.9 Å². The van der Waals surface area contributed by atoms with E-state index >= 15 is 0 Å². The van der Waals surface area contributed by atoms with Crippen LogP contribution in [-0.2, 0) is 9.59 Å². The molecule has 0 aliphatic carbocycles. The highest BCUT2D eigenvalue weighted by molar-refractivity contribution is 6.31. The lowest BCUT2D eigenvalue weighted by atomic mass is 10.1. The van der Waals surface area contributed by atoms with E-state index in [4.69, 9.17) is 9.47 Å². The molecular weight excluding hydrogens is 336 g/mol. The van der Waals surface area contributed by atoms with Crippen LogP contribution in [0.4, 0.5) is 5.69 Å². The molecule has 2 amide bonds. The van der Waals surface area contributed by atoms with Crippen molar-refractivity contribution in [2.75, 3.05) is 19.2 Å². The van der Waals surface area contributed by atoms with Gasteiger partial charge in [0.25, 0.3) is 11.8 Å². The zero-order chi connectivity index (χ0) is 18.8. The Morgan fingerprint density at radius 3 is 2.15 bits per heavy atom. The van der Waals surface area contributed by atoms with Crippen molar-refractivity contribution >= 4 is 23.6 Å². The number of rotatable bonds is 4. The molecule has 0 unspecified atom stereocenters. The second-order valence-corrected chi connectivity index (χ2v) is 5.75. The Hall–Kier alpha value is -3.48. The van der Waals surface area contributed by atoms with Gasteiger partial charge < -0.3 is 14.6 Å². The summed E-state index contributed by atoms with van der Waals surface area (Å²) in [5, 5.41) is 11.2. The van der Waals surface area contributed by atoms with Gasteiger partial charge in [-0.05, 0) is 42.8 Å². The molecule has 1 saturated heterocycles. The molecule has 2 N–H and O–H groups in total. The fraction of sp³-hybridized carbons (Fsp3) is 0.158. The van der Waals surface area contributed by atoms with Crippen LogP contribution < -0.4 is 19.9 Å². The molecule has 0 radical (unpaired) electrons. The van der Waals surface area contributed by atoms with Crippen molar-refractivity contribution in [3.05, 3.63) is 53.1 Å². The normalized spacial score (nSPS) is 15.3. The summed E-state index contributed by atoms with van der Waals surface area (Å²) in [5.41, 5.74) is 4.62. The molecule has 1 heterocycles. The van der Waals surface area contributed by atoms with Gasteiger partial charge in [0, 0.05) is 0 Å². The second-order valence-electron chi connectivity index (χ2n) is 5.75. The molecule has 0 bridgehead atoms. The van der Waals surface area contributed by atoms with E-state index in [1.54, 1.807) is 12.1 Å². The summed E-state index contributed by atoms with van der Waals surface area (Å²) in [6.07, 6.45) is 1.43.